The molecule has 1 heterocycles. The van der Waals surface area contributed by atoms with Crippen LogP contribution in [-0.4, -0.2) is 45.9 Å². The van der Waals surface area contributed by atoms with E-state index in [1.54, 1.807) is 11.8 Å². The molecule has 1 N–H and O–H groups in total. The molecule has 0 saturated carbocycles. The normalized spacial score (nSPS) is 17.1. The van der Waals surface area contributed by atoms with Gasteiger partial charge in [0.2, 0.25) is 0 Å². The molecule has 0 aromatic heterocycles. The van der Waals surface area contributed by atoms with Crippen LogP contribution in [0.2, 0.25) is 12.1 Å². The van der Waals surface area contributed by atoms with Gasteiger partial charge in [0, 0.05) is 18.8 Å². The molecule has 2 unspecified atom stereocenters. The molecule has 0 radical (unpaired) electrons. The molecule has 0 aromatic rings. The van der Waals surface area contributed by atoms with Gasteiger partial charge in [0.1, 0.15) is 15.8 Å². The highest BCUT2D eigenvalue weighted by atomic mass is 32.2. The zero-order valence-electron chi connectivity index (χ0n) is 32.0. The molecule has 1 rings (SSSR count). The Labute approximate surface area is 300 Å². The first-order chi connectivity index (χ1) is 23.3. The lowest BCUT2D eigenvalue weighted by Gasteiger charge is -2.25. The minimum atomic E-state index is -0.873. The number of thioether (sulfide) groups is 1. The van der Waals surface area contributed by atoms with E-state index in [1.807, 2.05) is 0 Å². The van der Waals surface area contributed by atoms with E-state index >= 15 is 0 Å². The quantitative estimate of drug-likeness (QED) is 0.0406. The summed E-state index contributed by atoms with van der Waals surface area (Å²) in [7, 11) is -0.873. The van der Waals surface area contributed by atoms with Gasteiger partial charge in [-0.05, 0) is 50.7 Å². The van der Waals surface area contributed by atoms with Gasteiger partial charge in [-0.3, -0.25) is 4.79 Å². The average Bonchev–Trinajstić information content (AvgIpc) is 3.06. The van der Waals surface area contributed by atoms with E-state index in [4.69, 9.17) is 9.47 Å². The molecular weight excluding hydrogens is 615 g/mol. The number of nitrogens with one attached hydrogen (secondary N) is 1. The number of carbonyl (C=O) groups is 1. The molecule has 0 spiro atoms. The molecule has 47 heavy (non-hydrogen) atoms. The molecule has 1 aliphatic heterocycles. The standard InChI is InChI=1S/C41H83NO3SSi/c1-3-5-7-9-11-13-15-17-19-21-23-25-27-32-41(43)46-36-30-38-47-37-29-31-40(33-34-42-47)45-39-44-35-28-26-24-22-20-18-16-14-12-10-8-6-4-2/h40,42,47H,3-39H2,1-2H3. The van der Waals surface area contributed by atoms with Crippen LogP contribution in [0.1, 0.15) is 213 Å². The number of ether oxygens (including phenoxy) is 2. The fourth-order valence-electron chi connectivity index (χ4n) is 7.00. The highest BCUT2D eigenvalue weighted by molar-refractivity contribution is 8.13. The first-order valence-electron chi connectivity index (χ1n) is 21.3. The third-order valence-electron chi connectivity index (χ3n) is 10.2. The number of unbranched alkanes of at least 4 members (excludes halogenated alkanes) is 24. The Kier molecular flexibility index (Phi) is 35.9. The molecule has 0 aromatic carbocycles. The monoisotopic (exact) mass is 698 g/mol. The van der Waals surface area contributed by atoms with E-state index in [1.165, 1.54) is 192 Å². The van der Waals surface area contributed by atoms with Crippen LogP contribution in [0.25, 0.3) is 0 Å². The summed E-state index contributed by atoms with van der Waals surface area (Å²) in [4.78, 5) is 16.2. The van der Waals surface area contributed by atoms with Crippen LogP contribution in [-0.2, 0) is 14.3 Å². The Morgan fingerprint density at radius 1 is 0.638 bits per heavy atom. The SMILES string of the molecule is CCCCCCCCCCCCCCCOCOC1CCC[SiH](CCCSC(=O)CCCCCCCCCCCCCCC)NCC1. The maximum absolute atomic E-state index is 12.3. The summed E-state index contributed by atoms with van der Waals surface area (Å²) in [5, 5.41) is 0.427. The maximum Gasteiger partial charge on any atom is 0.188 e. The van der Waals surface area contributed by atoms with Gasteiger partial charge in [-0.2, -0.15) is 0 Å². The lowest BCUT2D eigenvalue weighted by atomic mass is 10.0. The molecule has 4 nitrogen and oxygen atoms in total. The number of rotatable bonds is 35. The van der Waals surface area contributed by atoms with Crippen molar-refractivity contribution in [3.05, 3.63) is 0 Å². The number of hydrogen-bond donors (Lipinski definition) is 1. The van der Waals surface area contributed by atoms with E-state index in [0.29, 0.717) is 18.0 Å². The lowest BCUT2D eigenvalue weighted by Crippen LogP contribution is -2.38. The van der Waals surface area contributed by atoms with Crippen molar-refractivity contribution in [2.75, 3.05) is 25.7 Å². The second-order valence-corrected chi connectivity index (χ2v) is 18.9. The fraction of sp³-hybridized carbons (Fsp3) is 0.976. The van der Waals surface area contributed by atoms with Gasteiger partial charge in [-0.15, -0.1) is 0 Å². The smallest absolute Gasteiger partial charge is 0.188 e. The van der Waals surface area contributed by atoms with Gasteiger partial charge in [0.05, 0.1) is 6.10 Å². The molecule has 6 heteroatoms. The van der Waals surface area contributed by atoms with Gasteiger partial charge in [-0.1, -0.05) is 186 Å². The van der Waals surface area contributed by atoms with Crippen molar-refractivity contribution < 1.29 is 14.3 Å². The van der Waals surface area contributed by atoms with Crippen LogP contribution in [0.4, 0.5) is 0 Å². The third kappa shape index (κ3) is 33.0. The molecule has 2 atom stereocenters. The van der Waals surface area contributed by atoms with Gasteiger partial charge in [0.25, 0.3) is 0 Å². The number of carbonyl (C=O) groups excluding carboxylic acids is 1. The minimum Gasteiger partial charge on any atom is -0.355 e. The second-order valence-electron chi connectivity index (χ2n) is 14.8. The predicted octanol–water partition coefficient (Wildman–Crippen LogP) is 13.1. The molecule has 280 valence electrons. The minimum absolute atomic E-state index is 0.349. The summed E-state index contributed by atoms with van der Waals surface area (Å²) < 4.78 is 11.9. The fourth-order valence-corrected chi connectivity index (χ4v) is 10.8. The Hall–Kier alpha value is 0.117. The van der Waals surface area contributed by atoms with Crippen LogP contribution in [0.5, 0.6) is 0 Å². The third-order valence-corrected chi connectivity index (χ3v) is 14.3. The van der Waals surface area contributed by atoms with Crippen LogP contribution in [0, 0.1) is 0 Å². The van der Waals surface area contributed by atoms with E-state index in [9.17, 15) is 4.79 Å². The Balaban J connectivity index is 1.83. The first-order valence-corrected chi connectivity index (χ1v) is 24.5. The summed E-state index contributed by atoms with van der Waals surface area (Å²) in [6, 6.07) is 2.68. The van der Waals surface area contributed by atoms with E-state index in [2.05, 4.69) is 18.8 Å². The summed E-state index contributed by atoms with van der Waals surface area (Å²) in [5.41, 5.74) is 0. The van der Waals surface area contributed by atoms with Crippen molar-refractivity contribution in [3.63, 3.8) is 0 Å². The molecule has 0 amide bonds. The van der Waals surface area contributed by atoms with Crippen LogP contribution < -0.4 is 4.98 Å². The Morgan fingerprint density at radius 2 is 1.13 bits per heavy atom. The Bertz CT molecular complexity index is 630. The van der Waals surface area contributed by atoms with Gasteiger partial charge >= 0.3 is 0 Å². The van der Waals surface area contributed by atoms with Crippen molar-refractivity contribution in [2.24, 2.45) is 0 Å². The van der Waals surface area contributed by atoms with Crippen LogP contribution >= 0.6 is 11.8 Å². The molecule has 0 bridgehead atoms. The summed E-state index contributed by atoms with van der Waals surface area (Å²) in [6.07, 6.45) is 41.6. The van der Waals surface area contributed by atoms with Crippen LogP contribution in [0.3, 0.4) is 0 Å². The Morgan fingerprint density at radius 3 is 1.66 bits per heavy atom. The van der Waals surface area contributed by atoms with Gasteiger partial charge in [-0.25, -0.2) is 0 Å². The largest absolute Gasteiger partial charge is 0.355 e. The topological polar surface area (TPSA) is 47.6 Å². The van der Waals surface area contributed by atoms with Crippen molar-refractivity contribution in [1.29, 1.82) is 0 Å². The van der Waals surface area contributed by atoms with E-state index < -0.39 is 8.96 Å². The summed E-state index contributed by atoms with van der Waals surface area (Å²) >= 11 is 1.60. The highest BCUT2D eigenvalue weighted by Gasteiger charge is 2.18. The molecular formula is C41H83NO3SSi. The maximum atomic E-state index is 12.3. The number of hydrogen-bond acceptors (Lipinski definition) is 5. The molecule has 1 fully saturated rings. The zero-order chi connectivity index (χ0) is 33.7. The lowest BCUT2D eigenvalue weighted by molar-refractivity contribution is -0.111. The van der Waals surface area contributed by atoms with Crippen molar-refractivity contribution >= 4 is 25.8 Å². The molecule has 0 aliphatic carbocycles. The van der Waals surface area contributed by atoms with E-state index in [0.717, 1.165) is 38.2 Å². The molecule has 1 aliphatic rings. The van der Waals surface area contributed by atoms with Gasteiger partial charge < -0.3 is 14.5 Å². The second kappa shape index (κ2) is 37.4. The van der Waals surface area contributed by atoms with E-state index in [-0.39, 0.29) is 0 Å². The molecule has 1 saturated heterocycles. The highest BCUT2D eigenvalue weighted by Crippen LogP contribution is 2.19. The summed E-state index contributed by atoms with van der Waals surface area (Å²) in [5.74, 6) is 1.02. The summed E-state index contributed by atoms with van der Waals surface area (Å²) in [6.45, 7) is 6.98. The van der Waals surface area contributed by atoms with Crippen LogP contribution in [0.15, 0.2) is 0 Å². The van der Waals surface area contributed by atoms with Crippen molar-refractivity contribution in [1.82, 2.24) is 4.98 Å². The predicted molar refractivity (Wildman–Crippen MR) is 212 cm³/mol. The van der Waals surface area contributed by atoms with Gasteiger partial charge in [0.15, 0.2) is 5.12 Å². The average molecular weight is 698 g/mol. The first kappa shape index (κ1) is 45.1. The zero-order valence-corrected chi connectivity index (χ0v) is 33.9. The van der Waals surface area contributed by atoms with Crippen molar-refractivity contribution in [3.8, 4) is 0 Å². The van der Waals surface area contributed by atoms with Crippen molar-refractivity contribution in [2.45, 2.75) is 231 Å².